The molecule has 2 rings (SSSR count). The number of carbonyl (C=O) groups is 1. The van der Waals surface area contributed by atoms with Gasteiger partial charge >= 0.3 is 0 Å². The number of nitrogens with zero attached hydrogens (tertiary/aromatic N) is 1. The Morgan fingerprint density at radius 3 is 2.38 bits per heavy atom. The highest BCUT2D eigenvalue weighted by Gasteiger charge is 2.30. The quantitative estimate of drug-likeness (QED) is 0.838. The lowest BCUT2D eigenvalue weighted by Crippen LogP contribution is -2.46. The maximum Gasteiger partial charge on any atom is 0.236 e. The molecule has 0 atom stereocenters. The minimum Gasteiger partial charge on any atom is -0.497 e. The minimum atomic E-state index is 0.202. The third-order valence-corrected chi connectivity index (χ3v) is 4.38. The van der Waals surface area contributed by atoms with Crippen molar-refractivity contribution in [2.45, 2.75) is 38.6 Å². The van der Waals surface area contributed by atoms with Gasteiger partial charge in [0, 0.05) is 19.1 Å². The third-order valence-electron chi connectivity index (χ3n) is 4.38. The normalized spacial score (nSPS) is 20.7. The molecule has 0 saturated heterocycles. The lowest BCUT2D eigenvalue weighted by molar-refractivity contribution is -0.130. The van der Waals surface area contributed by atoms with E-state index in [9.17, 15) is 4.79 Å². The van der Waals surface area contributed by atoms with Crippen molar-refractivity contribution >= 4 is 5.91 Å². The van der Waals surface area contributed by atoms with Gasteiger partial charge in [-0.1, -0.05) is 12.1 Å². The molecule has 0 unspecified atom stereocenters. The fourth-order valence-electron chi connectivity index (χ4n) is 2.85. The second kappa shape index (κ2) is 7.46. The Morgan fingerprint density at radius 1 is 1.24 bits per heavy atom. The number of nitrogens with one attached hydrogen (secondary N) is 1. The van der Waals surface area contributed by atoms with Crippen LogP contribution in [-0.4, -0.2) is 43.6 Å². The molecule has 1 aromatic carbocycles. The monoisotopic (exact) mass is 290 g/mol. The SMILES string of the molecule is CCN(CC)C(=O)CNC1CC(c2ccc(OC)cc2)C1. The van der Waals surface area contributed by atoms with Gasteiger partial charge in [0.15, 0.2) is 0 Å². The smallest absolute Gasteiger partial charge is 0.236 e. The summed E-state index contributed by atoms with van der Waals surface area (Å²) >= 11 is 0. The molecular formula is C17H26N2O2. The van der Waals surface area contributed by atoms with Crippen molar-refractivity contribution in [1.29, 1.82) is 0 Å². The van der Waals surface area contributed by atoms with Crippen molar-refractivity contribution in [2.24, 2.45) is 0 Å². The average molecular weight is 290 g/mol. The summed E-state index contributed by atoms with van der Waals surface area (Å²) in [5, 5.41) is 3.37. The van der Waals surface area contributed by atoms with Crippen LogP contribution >= 0.6 is 0 Å². The Kier molecular flexibility index (Phi) is 5.62. The van der Waals surface area contributed by atoms with E-state index < -0.39 is 0 Å². The Labute approximate surface area is 127 Å². The highest BCUT2D eigenvalue weighted by Crippen LogP contribution is 2.37. The molecule has 116 valence electrons. The molecule has 0 heterocycles. The zero-order chi connectivity index (χ0) is 15.2. The van der Waals surface area contributed by atoms with Gasteiger partial charge in [0.1, 0.15) is 5.75 Å². The molecule has 1 aromatic rings. The molecule has 1 N–H and O–H groups in total. The second-order valence-corrected chi connectivity index (χ2v) is 5.59. The van der Waals surface area contributed by atoms with Crippen molar-refractivity contribution in [3.05, 3.63) is 29.8 Å². The predicted molar refractivity (Wildman–Crippen MR) is 84.7 cm³/mol. The first-order valence-corrected chi connectivity index (χ1v) is 7.83. The third kappa shape index (κ3) is 3.97. The summed E-state index contributed by atoms with van der Waals surface area (Å²) in [4.78, 5) is 13.8. The van der Waals surface area contributed by atoms with E-state index in [-0.39, 0.29) is 5.91 Å². The summed E-state index contributed by atoms with van der Waals surface area (Å²) in [6.07, 6.45) is 2.22. The molecular weight excluding hydrogens is 264 g/mol. The topological polar surface area (TPSA) is 41.6 Å². The van der Waals surface area contributed by atoms with Crippen LogP contribution in [-0.2, 0) is 4.79 Å². The van der Waals surface area contributed by atoms with E-state index in [4.69, 9.17) is 4.74 Å². The van der Waals surface area contributed by atoms with E-state index in [0.717, 1.165) is 31.7 Å². The summed E-state index contributed by atoms with van der Waals surface area (Å²) in [5.74, 6) is 1.71. The number of hydrogen-bond acceptors (Lipinski definition) is 3. The minimum absolute atomic E-state index is 0.202. The van der Waals surface area contributed by atoms with E-state index in [1.165, 1.54) is 5.56 Å². The van der Waals surface area contributed by atoms with Gasteiger partial charge in [-0.3, -0.25) is 4.79 Å². The Bertz CT molecular complexity index is 448. The maximum absolute atomic E-state index is 11.9. The number of hydrogen-bond donors (Lipinski definition) is 1. The van der Waals surface area contributed by atoms with E-state index in [0.29, 0.717) is 18.5 Å². The molecule has 0 aromatic heterocycles. The zero-order valence-corrected chi connectivity index (χ0v) is 13.3. The van der Waals surface area contributed by atoms with Gasteiger partial charge in [-0.05, 0) is 50.3 Å². The van der Waals surface area contributed by atoms with E-state index in [2.05, 4.69) is 17.4 Å². The molecule has 0 radical (unpaired) electrons. The van der Waals surface area contributed by atoms with Crippen molar-refractivity contribution in [1.82, 2.24) is 10.2 Å². The molecule has 0 spiro atoms. The standard InChI is InChI=1S/C17H26N2O2/c1-4-19(5-2)17(20)12-18-15-10-14(11-15)13-6-8-16(21-3)9-7-13/h6-9,14-15,18H,4-5,10-12H2,1-3H3. The fraction of sp³-hybridized carbons (Fsp3) is 0.588. The molecule has 1 saturated carbocycles. The van der Waals surface area contributed by atoms with Crippen LogP contribution < -0.4 is 10.1 Å². The molecule has 1 fully saturated rings. The van der Waals surface area contributed by atoms with E-state index >= 15 is 0 Å². The Hall–Kier alpha value is -1.55. The molecule has 4 nitrogen and oxygen atoms in total. The van der Waals surface area contributed by atoms with E-state index in [1.54, 1.807) is 7.11 Å². The van der Waals surface area contributed by atoms with Gasteiger partial charge in [-0.25, -0.2) is 0 Å². The van der Waals surface area contributed by atoms with Crippen molar-refractivity contribution in [3.8, 4) is 5.75 Å². The van der Waals surface area contributed by atoms with Crippen LogP contribution in [0.4, 0.5) is 0 Å². The molecule has 1 aliphatic rings. The molecule has 4 heteroatoms. The summed E-state index contributed by atoms with van der Waals surface area (Å²) in [5.41, 5.74) is 1.36. The second-order valence-electron chi connectivity index (χ2n) is 5.59. The van der Waals surface area contributed by atoms with Crippen LogP contribution in [0.25, 0.3) is 0 Å². The number of benzene rings is 1. The zero-order valence-electron chi connectivity index (χ0n) is 13.3. The first-order chi connectivity index (χ1) is 10.2. The van der Waals surface area contributed by atoms with Gasteiger partial charge in [-0.2, -0.15) is 0 Å². The first kappa shape index (κ1) is 15.8. The summed E-state index contributed by atoms with van der Waals surface area (Å²) in [6, 6.07) is 8.78. The number of ether oxygens (including phenoxy) is 1. The lowest BCUT2D eigenvalue weighted by atomic mass is 9.76. The summed E-state index contributed by atoms with van der Waals surface area (Å²) in [6.45, 7) is 6.07. The molecule has 21 heavy (non-hydrogen) atoms. The molecule has 1 aliphatic carbocycles. The van der Waals surface area contributed by atoms with Crippen LogP contribution in [0, 0.1) is 0 Å². The van der Waals surface area contributed by atoms with Gasteiger partial charge in [-0.15, -0.1) is 0 Å². The number of methoxy groups -OCH3 is 1. The molecule has 1 amide bonds. The van der Waals surface area contributed by atoms with Gasteiger partial charge < -0.3 is 15.0 Å². The van der Waals surface area contributed by atoms with Crippen LogP contribution in [0.1, 0.15) is 38.2 Å². The Balaban J connectivity index is 1.72. The van der Waals surface area contributed by atoms with Crippen LogP contribution in [0.2, 0.25) is 0 Å². The molecule has 0 bridgehead atoms. The lowest BCUT2D eigenvalue weighted by Gasteiger charge is -2.36. The predicted octanol–water partition coefficient (Wildman–Crippen LogP) is 2.40. The summed E-state index contributed by atoms with van der Waals surface area (Å²) in [7, 11) is 1.69. The fourth-order valence-corrected chi connectivity index (χ4v) is 2.85. The van der Waals surface area contributed by atoms with Crippen molar-refractivity contribution in [3.63, 3.8) is 0 Å². The van der Waals surface area contributed by atoms with Crippen molar-refractivity contribution < 1.29 is 9.53 Å². The highest BCUT2D eigenvalue weighted by atomic mass is 16.5. The first-order valence-electron chi connectivity index (χ1n) is 7.83. The van der Waals surface area contributed by atoms with Gasteiger partial charge in [0.25, 0.3) is 0 Å². The highest BCUT2D eigenvalue weighted by molar-refractivity contribution is 5.78. The number of amides is 1. The van der Waals surface area contributed by atoms with Crippen LogP contribution in [0.15, 0.2) is 24.3 Å². The largest absolute Gasteiger partial charge is 0.497 e. The Morgan fingerprint density at radius 2 is 1.86 bits per heavy atom. The van der Waals surface area contributed by atoms with Gasteiger partial charge in [0.05, 0.1) is 13.7 Å². The van der Waals surface area contributed by atoms with Crippen molar-refractivity contribution in [2.75, 3.05) is 26.7 Å². The van der Waals surface area contributed by atoms with Crippen LogP contribution in [0.5, 0.6) is 5.75 Å². The number of rotatable bonds is 7. The number of carbonyl (C=O) groups excluding carboxylic acids is 1. The van der Waals surface area contributed by atoms with Crippen LogP contribution in [0.3, 0.4) is 0 Å². The van der Waals surface area contributed by atoms with E-state index in [1.807, 2.05) is 30.9 Å². The maximum atomic E-state index is 11.9. The number of likely N-dealkylation sites (N-methyl/N-ethyl adjacent to an activating group) is 1. The average Bonchev–Trinajstić information content (AvgIpc) is 2.47. The summed E-state index contributed by atoms with van der Waals surface area (Å²) < 4.78 is 5.18. The van der Waals surface area contributed by atoms with Gasteiger partial charge in [0.2, 0.25) is 5.91 Å². The molecule has 0 aliphatic heterocycles.